The van der Waals surface area contributed by atoms with Gasteiger partial charge in [0.2, 0.25) is 0 Å². The maximum atomic E-state index is 3.88. The Kier molecular flexibility index (Phi) is 4.71. The molecule has 0 bridgehead atoms. The van der Waals surface area contributed by atoms with Crippen LogP contribution in [0.25, 0.3) is 0 Å². The van der Waals surface area contributed by atoms with Crippen molar-refractivity contribution in [3.8, 4) is 0 Å². The summed E-state index contributed by atoms with van der Waals surface area (Å²) in [6.07, 6.45) is 7.09. The second-order valence-corrected chi connectivity index (χ2v) is 7.22. The van der Waals surface area contributed by atoms with Gasteiger partial charge in [0.25, 0.3) is 0 Å². The first kappa shape index (κ1) is 14.3. The van der Waals surface area contributed by atoms with Crippen molar-refractivity contribution < 1.29 is 0 Å². The molecule has 2 atom stereocenters. The molecule has 2 heteroatoms. The van der Waals surface area contributed by atoms with E-state index in [4.69, 9.17) is 0 Å². The Morgan fingerprint density at radius 3 is 2.44 bits per heavy atom. The summed E-state index contributed by atoms with van der Waals surface area (Å²) in [5.41, 5.74) is 0.460. The molecule has 2 nitrogen and oxygen atoms in total. The Morgan fingerprint density at radius 2 is 1.83 bits per heavy atom. The van der Waals surface area contributed by atoms with Crippen molar-refractivity contribution in [3.63, 3.8) is 0 Å². The van der Waals surface area contributed by atoms with Crippen molar-refractivity contribution >= 4 is 0 Å². The van der Waals surface area contributed by atoms with Crippen molar-refractivity contribution in [2.24, 2.45) is 11.8 Å². The number of hydrogen-bond acceptors (Lipinski definition) is 2. The highest BCUT2D eigenvalue weighted by Gasteiger charge is 2.38. The molecule has 2 rings (SSSR count). The van der Waals surface area contributed by atoms with Gasteiger partial charge in [-0.05, 0) is 31.6 Å². The van der Waals surface area contributed by atoms with Crippen molar-refractivity contribution in [1.29, 1.82) is 0 Å². The molecule has 1 aliphatic heterocycles. The average Bonchev–Trinajstić information content (AvgIpc) is 2.35. The third-order valence-corrected chi connectivity index (χ3v) is 5.37. The number of nitrogens with one attached hydrogen (secondary N) is 1. The lowest BCUT2D eigenvalue weighted by molar-refractivity contribution is 0.0479. The first-order valence-corrected chi connectivity index (χ1v) is 8.01. The van der Waals surface area contributed by atoms with Gasteiger partial charge in [0.15, 0.2) is 0 Å². The molecule has 1 N–H and O–H groups in total. The zero-order valence-electron chi connectivity index (χ0n) is 12.8. The molecule has 0 radical (unpaired) electrons. The second-order valence-electron chi connectivity index (χ2n) is 7.22. The van der Waals surface area contributed by atoms with Gasteiger partial charge in [0.05, 0.1) is 0 Å². The van der Waals surface area contributed by atoms with Crippen LogP contribution in [0.1, 0.15) is 59.8 Å². The molecule has 0 amide bonds. The smallest absolute Gasteiger partial charge is 0.0309 e. The highest BCUT2D eigenvalue weighted by molar-refractivity contribution is 4.99. The van der Waals surface area contributed by atoms with Gasteiger partial charge < -0.3 is 5.32 Å². The maximum absolute atomic E-state index is 3.88. The Balaban J connectivity index is 1.95. The van der Waals surface area contributed by atoms with Crippen molar-refractivity contribution in [1.82, 2.24) is 10.2 Å². The molecule has 1 saturated heterocycles. The van der Waals surface area contributed by atoms with Crippen LogP contribution in [0, 0.1) is 11.8 Å². The molecule has 2 aliphatic rings. The predicted molar refractivity (Wildman–Crippen MR) is 78.9 cm³/mol. The van der Waals surface area contributed by atoms with E-state index in [2.05, 4.69) is 37.9 Å². The fourth-order valence-electron chi connectivity index (χ4n) is 3.48. The minimum absolute atomic E-state index is 0.460. The summed E-state index contributed by atoms with van der Waals surface area (Å²) in [4.78, 5) is 2.76. The topological polar surface area (TPSA) is 15.3 Å². The number of nitrogens with zero attached hydrogens (tertiary/aromatic N) is 1. The Labute approximate surface area is 114 Å². The van der Waals surface area contributed by atoms with Gasteiger partial charge in [-0.1, -0.05) is 40.0 Å². The molecule has 1 spiro atoms. The minimum atomic E-state index is 0.460. The normalized spacial score (nSPS) is 30.8. The van der Waals surface area contributed by atoms with E-state index in [0.717, 1.165) is 11.8 Å². The van der Waals surface area contributed by atoms with Crippen LogP contribution in [0.5, 0.6) is 0 Å². The molecule has 2 fully saturated rings. The van der Waals surface area contributed by atoms with E-state index in [1.54, 1.807) is 0 Å². The maximum Gasteiger partial charge on any atom is 0.0309 e. The molecule has 106 valence electrons. The molecule has 1 heterocycles. The molecule has 0 aromatic rings. The van der Waals surface area contributed by atoms with Crippen LogP contribution in [0.3, 0.4) is 0 Å². The zero-order chi connectivity index (χ0) is 13.2. The first-order valence-electron chi connectivity index (χ1n) is 8.01. The average molecular weight is 252 g/mol. The van der Waals surface area contributed by atoms with Gasteiger partial charge in [0.1, 0.15) is 0 Å². The molecule has 0 aromatic carbocycles. The van der Waals surface area contributed by atoms with Crippen LogP contribution in [0.15, 0.2) is 0 Å². The van der Waals surface area contributed by atoms with Gasteiger partial charge >= 0.3 is 0 Å². The van der Waals surface area contributed by atoms with Crippen LogP contribution >= 0.6 is 0 Å². The monoisotopic (exact) mass is 252 g/mol. The van der Waals surface area contributed by atoms with Crippen LogP contribution < -0.4 is 5.32 Å². The van der Waals surface area contributed by atoms with Gasteiger partial charge in [-0.15, -0.1) is 0 Å². The molecule has 2 unspecified atom stereocenters. The summed E-state index contributed by atoms with van der Waals surface area (Å²) in [6, 6.07) is 0.707. The fourth-order valence-corrected chi connectivity index (χ4v) is 3.48. The van der Waals surface area contributed by atoms with E-state index in [1.807, 2.05) is 0 Å². The van der Waals surface area contributed by atoms with Crippen molar-refractivity contribution in [2.75, 3.05) is 19.6 Å². The van der Waals surface area contributed by atoms with Gasteiger partial charge in [-0.2, -0.15) is 0 Å². The Morgan fingerprint density at radius 1 is 1.17 bits per heavy atom. The summed E-state index contributed by atoms with van der Waals surface area (Å²) in [6.45, 7) is 13.3. The molecule has 18 heavy (non-hydrogen) atoms. The second kappa shape index (κ2) is 5.92. The quantitative estimate of drug-likeness (QED) is 0.829. The summed E-state index contributed by atoms with van der Waals surface area (Å²) in [5, 5.41) is 3.88. The highest BCUT2D eigenvalue weighted by Crippen LogP contribution is 2.32. The summed E-state index contributed by atoms with van der Waals surface area (Å²) < 4.78 is 0. The van der Waals surface area contributed by atoms with E-state index >= 15 is 0 Å². The summed E-state index contributed by atoms with van der Waals surface area (Å²) >= 11 is 0. The largest absolute Gasteiger partial charge is 0.308 e. The van der Waals surface area contributed by atoms with Gasteiger partial charge in [-0.3, -0.25) is 4.90 Å². The Hall–Kier alpha value is -0.0800. The molecular formula is C16H32N2. The van der Waals surface area contributed by atoms with Gasteiger partial charge in [0, 0.05) is 31.2 Å². The van der Waals surface area contributed by atoms with Crippen molar-refractivity contribution in [3.05, 3.63) is 0 Å². The van der Waals surface area contributed by atoms with Crippen LogP contribution in [-0.2, 0) is 0 Å². The third-order valence-electron chi connectivity index (χ3n) is 5.37. The molecule has 1 aliphatic carbocycles. The lowest BCUT2D eigenvalue weighted by atomic mass is 9.79. The molecule has 1 saturated carbocycles. The van der Waals surface area contributed by atoms with Crippen molar-refractivity contribution in [2.45, 2.75) is 71.4 Å². The number of hydrogen-bond donors (Lipinski definition) is 1. The summed E-state index contributed by atoms with van der Waals surface area (Å²) in [7, 11) is 0. The van der Waals surface area contributed by atoms with Crippen LogP contribution in [-0.4, -0.2) is 36.1 Å². The van der Waals surface area contributed by atoms with E-state index in [-0.39, 0.29) is 0 Å². The van der Waals surface area contributed by atoms with Crippen LogP contribution in [0.4, 0.5) is 0 Å². The first-order chi connectivity index (χ1) is 8.52. The van der Waals surface area contributed by atoms with E-state index in [1.165, 1.54) is 51.7 Å². The van der Waals surface area contributed by atoms with Crippen LogP contribution in [0.2, 0.25) is 0 Å². The predicted octanol–water partition coefficient (Wildman–Crippen LogP) is 3.28. The Bertz CT molecular complexity index is 256. The lowest BCUT2D eigenvalue weighted by Gasteiger charge is -2.49. The van der Waals surface area contributed by atoms with E-state index < -0.39 is 0 Å². The standard InChI is InChI=1S/C16H32N2/c1-13(2)14(3)11-18-12-16(17-10-15(18)4)8-6-5-7-9-16/h13-15,17H,5-12H2,1-4H3. The fraction of sp³-hybridized carbons (Fsp3) is 1.00. The van der Waals surface area contributed by atoms with E-state index in [9.17, 15) is 0 Å². The zero-order valence-corrected chi connectivity index (χ0v) is 12.8. The van der Waals surface area contributed by atoms with E-state index in [0.29, 0.717) is 11.6 Å². The minimum Gasteiger partial charge on any atom is -0.308 e. The third kappa shape index (κ3) is 3.27. The summed E-state index contributed by atoms with van der Waals surface area (Å²) in [5.74, 6) is 1.61. The number of rotatable bonds is 3. The van der Waals surface area contributed by atoms with Gasteiger partial charge in [-0.25, -0.2) is 0 Å². The highest BCUT2D eigenvalue weighted by atomic mass is 15.2. The SMILES string of the molecule is CC(C)C(C)CN1CC2(CCCCC2)NCC1C. The molecular weight excluding hydrogens is 220 g/mol. The molecule has 0 aromatic heterocycles. The number of piperazine rings is 1. The lowest BCUT2D eigenvalue weighted by Crippen LogP contribution is -2.64.